The molecule has 0 amide bonds. The number of alkyl halides is 6. The molecule has 0 saturated carbocycles. The van der Waals surface area contributed by atoms with Crippen molar-refractivity contribution in [1.82, 2.24) is 39.2 Å². The van der Waals surface area contributed by atoms with E-state index >= 15 is 0 Å². The SMILES string of the molecule is CSc1nc2nc(Cl)c(-c3c(F)cc(F)cc3F)c(N[C@@H](C)C(F)(F)F)n2n1.C[C@H](Nc1c(-c2c(F)cc(F)cc2F)c(Cl)nc2nc(S(C)(=O)=O)nn12)C(F)(F)F.OO.[Cl-]. The Balaban J connectivity index is 0.000000308. The van der Waals surface area contributed by atoms with Crippen LogP contribution in [0.4, 0.5) is 64.3 Å². The Bertz CT molecular complexity index is 2640. The lowest BCUT2D eigenvalue weighted by atomic mass is 10.1. The molecule has 0 bridgehead atoms. The van der Waals surface area contributed by atoms with Crippen molar-refractivity contribution in [2.45, 2.75) is 48.6 Å². The predicted octanol–water partition coefficient (Wildman–Crippen LogP) is 5.60. The van der Waals surface area contributed by atoms with E-state index in [2.05, 4.69) is 35.5 Å². The van der Waals surface area contributed by atoms with E-state index in [0.29, 0.717) is 35.7 Å². The van der Waals surface area contributed by atoms with E-state index in [1.807, 2.05) is 5.32 Å². The van der Waals surface area contributed by atoms with Crippen LogP contribution in [0.15, 0.2) is 34.6 Å². The van der Waals surface area contributed by atoms with Crippen molar-refractivity contribution < 1.29 is 84.0 Å². The summed E-state index contributed by atoms with van der Waals surface area (Å²) in [5.74, 6) is -10.2. The predicted molar refractivity (Wildman–Crippen MR) is 191 cm³/mol. The highest BCUT2D eigenvalue weighted by molar-refractivity contribution is 7.98. The van der Waals surface area contributed by atoms with Crippen molar-refractivity contribution in [2.24, 2.45) is 0 Å². The number of benzene rings is 2. The van der Waals surface area contributed by atoms with Crippen molar-refractivity contribution in [3.8, 4) is 22.3 Å². The molecule has 334 valence electrons. The van der Waals surface area contributed by atoms with Gasteiger partial charge in [-0.3, -0.25) is 10.5 Å². The molecule has 0 aliphatic rings. The molecule has 2 aromatic carbocycles. The highest BCUT2D eigenvalue weighted by Gasteiger charge is 2.39. The summed E-state index contributed by atoms with van der Waals surface area (Å²) in [6, 6.07) is -3.09. The number of fused-ring (bicyclic) bond motifs is 2. The Labute approximate surface area is 353 Å². The normalized spacial score (nSPS) is 12.9. The molecule has 0 aliphatic carbocycles. The molecule has 0 radical (unpaired) electrons. The van der Waals surface area contributed by atoms with Crippen molar-refractivity contribution in [1.29, 1.82) is 0 Å². The van der Waals surface area contributed by atoms with Gasteiger partial charge in [0.1, 0.15) is 68.9 Å². The van der Waals surface area contributed by atoms with Crippen molar-refractivity contribution in [2.75, 3.05) is 23.1 Å². The van der Waals surface area contributed by atoms with Gasteiger partial charge in [0.2, 0.25) is 15.0 Å². The van der Waals surface area contributed by atoms with Crippen LogP contribution in [0.2, 0.25) is 10.3 Å². The van der Waals surface area contributed by atoms with Crippen LogP contribution in [-0.2, 0) is 9.84 Å². The Hall–Kier alpha value is -4.61. The van der Waals surface area contributed by atoms with Gasteiger partial charge >= 0.3 is 12.4 Å². The van der Waals surface area contributed by atoms with Crippen LogP contribution in [0, 0.1) is 34.9 Å². The largest absolute Gasteiger partial charge is 1.00 e. The van der Waals surface area contributed by atoms with Crippen LogP contribution in [0.3, 0.4) is 0 Å². The molecular weight excluding hydrogens is 963 g/mol. The zero-order valence-corrected chi connectivity index (χ0v) is 34.1. The number of rotatable bonds is 8. The molecule has 0 aliphatic heterocycles. The maximum Gasteiger partial charge on any atom is 0.408 e. The Morgan fingerprint density at radius 1 is 0.656 bits per heavy atom. The summed E-state index contributed by atoms with van der Waals surface area (Å²) in [7, 11) is -4.02. The van der Waals surface area contributed by atoms with Crippen LogP contribution < -0.4 is 23.0 Å². The van der Waals surface area contributed by atoms with Crippen LogP contribution >= 0.6 is 35.0 Å². The average molecular weight is 985 g/mol. The molecule has 4 heterocycles. The number of thioether (sulfide) groups is 1. The molecular formula is C30H22Cl3F12N10O4S2-. The van der Waals surface area contributed by atoms with Gasteiger partial charge in [0.15, 0.2) is 0 Å². The third-order valence-electron chi connectivity index (χ3n) is 7.56. The topological polar surface area (TPSA) is 185 Å². The number of anilines is 2. The maximum atomic E-state index is 14.4. The highest BCUT2D eigenvalue weighted by Crippen LogP contribution is 2.41. The average Bonchev–Trinajstić information content (AvgIpc) is 3.74. The third kappa shape index (κ3) is 11.1. The molecule has 0 unspecified atom stereocenters. The Morgan fingerprint density at radius 3 is 1.33 bits per heavy atom. The standard InChI is InChI=1S/C15H10ClF6N5O2S.C15H10ClF6N5S.ClH.H2O2/c1-5(15(20,21)22)23-12-10(9-7(18)3-6(17)4-8(9)19)11(16)24-13-25-14(26-27(12)13)30(2,28)29;1-5(15(20,21)22)23-12-10(9-7(18)3-6(17)4-8(9)19)11(16)24-13-25-14(28-2)26-27(12)13;;1-2/h3-5,23H,1-2H3;3-5,23H,1-2H3;1H;1-2H/p-1/t2*5-;;/m00../s1. The van der Waals surface area contributed by atoms with Gasteiger partial charge in [-0.15, -0.1) is 10.2 Å². The third-order valence-corrected chi connectivity index (χ3v) is 9.49. The van der Waals surface area contributed by atoms with Gasteiger partial charge in [-0.05, 0) is 20.1 Å². The molecule has 0 fully saturated rings. The summed E-state index contributed by atoms with van der Waals surface area (Å²) < 4.78 is 187. The van der Waals surface area contributed by atoms with E-state index in [-0.39, 0.29) is 23.3 Å². The highest BCUT2D eigenvalue weighted by atomic mass is 35.5. The van der Waals surface area contributed by atoms with E-state index in [9.17, 15) is 61.1 Å². The number of nitrogens with one attached hydrogen (secondary N) is 2. The second kappa shape index (κ2) is 19.2. The van der Waals surface area contributed by atoms with Crippen LogP contribution in [0.25, 0.3) is 33.8 Å². The fourth-order valence-corrected chi connectivity index (χ4v) is 6.13. The first-order chi connectivity index (χ1) is 27.7. The molecule has 31 heteroatoms. The van der Waals surface area contributed by atoms with Gasteiger partial charge in [-0.25, -0.2) is 34.8 Å². The summed E-state index contributed by atoms with van der Waals surface area (Å²) in [6.07, 6.45) is -7.17. The van der Waals surface area contributed by atoms with Crippen LogP contribution in [0.5, 0.6) is 0 Å². The fraction of sp³-hybridized carbons (Fsp3) is 0.267. The van der Waals surface area contributed by atoms with E-state index in [0.717, 1.165) is 29.5 Å². The smallest absolute Gasteiger partial charge is 0.408 e. The minimum atomic E-state index is -4.82. The molecule has 2 atom stereocenters. The Kier molecular flexibility index (Phi) is 16.0. The van der Waals surface area contributed by atoms with Gasteiger partial charge < -0.3 is 23.0 Å². The maximum absolute atomic E-state index is 14.4. The first kappa shape index (κ1) is 50.7. The van der Waals surface area contributed by atoms with Gasteiger partial charge in [-0.2, -0.15) is 55.3 Å². The lowest BCUT2D eigenvalue weighted by Crippen LogP contribution is -3.00. The summed E-state index contributed by atoms with van der Waals surface area (Å²) in [5, 5.41) is 21.7. The van der Waals surface area contributed by atoms with E-state index < -0.39 is 124 Å². The van der Waals surface area contributed by atoms with E-state index in [1.54, 1.807) is 6.26 Å². The molecule has 14 nitrogen and oxygen atoms in total. The number of sulfone groups is 1. The molecule has 0 spiro atoms. The summed E-state index contributed by atoms with van der Waals surface area (Å²) in [5.41, 5.74) is -3.12. The monoisotopic (exact) mass is 983 g/mol. The van der Waals surface area contributed by atoms with Crippen LogP contribution in [-0.4, -0.2) is 95.0 Å². The minimum absolute atomic E-state index is 0. The molecule has 4 aromatic heterocycles. The van der Waals surface area contributed by atoms with Gasteiger partial charge in [-0.1, -0.05) is 35.0 Å². The van der Waals surface area contributed by atoms with Crippen molar-refractivity contribution in [3.05, 3.63) is 69.5 Å². The fourth-order valence-electron chi connectivity index (χ4n) is 4.80. The van der Waals surface area contributed by atoms with E-state index in [1.165, 1.54) is 0 Å². The number of aromatic nitrogens is 8. The number of halogens is 15. The van der Waals surface area contributed by atoms with Crippen LogP contribution in [0.1, 0.15) is 13.8 Å². The van der Waals surface area contributed by atoms with Gasteiger partial charge in [0.25, 0.3) is 16.7 Å². The van der Waals surface area contributed by atoms with Gasteiger partial charge in [0.05, 0.1) is 22.3 Å². The molecule has 61 heavy (non-hydrogen) atoms. The van der Waals surface area contributed by atoms with Gasteiger partial charge in [0, 0.05) is 30.5 Å². The minimum Gasteiger partial charge on any atom is -1.00 e. The summed E-state index contributed by atoms with van der Waals surface area (Å²) in [6.45, 7) is 1.49. The lowest BCUT2D eigenvalue weighted by Gasteiger charge is -2.21. The van der Waals surface area contributed by atoms with Crippen molar-refractivity contribution in [3.63, 3.8) is 0 Å². The summed E-state index contributed by atoms with van der Waals surface area (Å²) in [4.78, 5) is 15.0. The lowest BCUT2D eigenvalue weighted by molar-refractivity contribution is -0.176. The summed E-state index contributed by atoms with van der Waals surface area (Å²) >= 11 is 13.1. The zero-order chi connectivity index (χ0) is 45.4. The molecule has 6 rings (SSSR count). The molecule has 0 saturated heterocycles. The second-order valence-electron chi connectivity index (χ2n) is 11.7. The quantitative estimate of drug-likeness (QED) is 0.0487. The second-order valence-corrected chi connectivity index (χ2v) is 15.1. The first-order valence-corrected chi connectivity index (χ1v) is 19.4. The Morgan fingerprint density at radius 2 is 1.00 bits per heavy atom. The first-order valence-electron chi connectivity index (χ1n) is 15.6. The molecule has 4 N–H and O–H groups in total. The number of nitrogens with zero attached hydrogens (tertiary/aromatic N) is 8. The van der Waals surface area contributed by atoms with E-state index in [4.69, 9.17) is 33.7 Å². The zero-order valence-electron chi connectivity index (χ0n) is 30.2. The van der Waals surface area contributed by atoms with Crippen molar-refractivity contribution >= 4 is 68.0 Å². The molecule has 6 aromatic rings. The number of hydrogen-bond donors (Lipinski definition) is 4. The number of hydrogen-bond acceptors (Lipinski definition) is 13.